The second-order valence-electron chi connectivity index (χ2n) is 12.2. The largest absolute Gasteiger partial charge is 0.465 e. The molecule has 0 saturated carbocycles. The summed E-state index contributed by atoms with van der Waals surface area (Å²) in [5.41, 5.74) is 2.74. The minimum atomic E-state index is -0.684. The monoisotopic (exact) mass is 657 g/mol. The Kier molecular flexibility index (Phi) is 9.93. The number of hydrogen-bond acceptors (Lipinski definition) is 8. The van der Waals surface area contributed by atoms with Crippen molar-refractivity contribution in [3.63, 3.8) is 0 Å². The van der Waals surface area contributed by atoms with E-state index in [0.29, 0.717) is 27.1 Å². The molecule has 1 heterocycles. The number of carbonyl (C=O) groups excluding carboxylic acids is 3. The lowest BCUT2D eigenvalue weighted by Crippen LogP contribution is -2.26. The number of hydrogen-bond donors (Lipinski definition) is 2. The van der Waals surface area contributed by atoms with Crippen LogP contribution in [-0.2, 0) is 22.4 Å². The number of ether oxygens (including phenoxy) is 1. The predicted octanol–water partition coefficient (Wildman–Crippen LogP) is 8.32. The average Bonchev–Trinajstić information content (AvgIpc) is 3.40. The Morgan fingerprint density at radius 3 is 2.43 bits per heavy atom. The number of nitro benzene ring substituents is 1. The van der Waals surface area contributed by atoms with E-state index in [-0.39, 0.29) is 22.6 Å². The number of nitrogens with one attached hydrogen (secondary N) is 2. The van der Waals surface area contributed by atoms with Gasteiger partial charge in [0.15, 0.2) is 0 Å². The molecule has 2 N–H and O–H groups in total. The fourth-order valence-corrected chi connectivity index (χ4v) is 7.96. The second-order valence-corrected chi connectivity index (χ2v) is 14.5. The molecule has 2 amide bonds. The van der Waals surface area contributed by atoms with Crippen molar-refractivity contribution < 1.29 is 24.0 Å². The summed E-state index contributed by atoms with van der Waals surface area (Å²) in [4.78, 5) is 52.4. The van der Waals surface area contributed by atoms with E-state index in [9.17, 15) is 24.5 Å². The molecule has 2 atom stereocenters. The highest BCUT2D eigenvalue weighted by molar-refractivity contribution is 8.00. The summed E-state index contributed by atoms with van der Waals surface area (Å²) in [6.45, 7) is 6.70. The first-order valence-electron chi connectivity index (χ1n) is 14.9. The van der Waals surface area contributed by atoms with Crippen LogP contribution in [0.1, 0.15) is 69.2 Å². The Morgan fingerprint density at radius 2 is 1.74 bits per heavy atom. The Balaban J connectivity index is 1.40. The molecule has 1 aromatic heterocycles. The number of fused-ring (bicyclic) bond motifs is 1. The summed E-state index contributed by atoms with van der Waals surface area (Å²) in [5, 5.41) is 16.8. The molecule has 0 spiro atoms. The van der Waals surface area contributed by atoms with E-state index in [1.165, 1.54) is 54.5 Å². The van der Waals surface area contributed by atoms with Gasteiger partial charge in [-0.05, 0) is 66.0 Å². The third-order valence-corrected chi connectivity index (χ3v) is 10.5. The van der Waals surface area contributed by atoms with Gasteiger partial charge >= 0.3 is 5.97 Å². The summed E-state index contributed by atoms with van der Waals surface area (Å²) >= 11 is 2.76. The van der Waals surface area contributed by atoms with Crippen molar-refractivity contribution in [2.45, 2.75) is 50.2 Å². The number of thiophene rings is 1. The maximum absolute atomic E-state index is 14.0. The number of carbonyl (C=O) groups is 3. The maximum Gasteiger partial charge on any atom is 0.341 e. The zero-order valence-electron chi connectivity index (χ0n) is 26.0. The molecule has 0 bridgehead atoms. The first-order valence-corrected chi connectivity index (χ1v) is 16.6. The van der Waals surface area contributed by atoms with Gasteiger partial charge in [-0.2, -0.15) is 0 Å². The lowest BCUT2D eigenvalue weighted by molar-refractivity contribution is -0.384. The van der Waals surface area contributed by atoms with Gasteiger partial charge in [0.05, 0.1) is 17.6 Å². The molecule has 1 aliphatic carbocycles. The average molecular weight is 658 g/mol. The molecule has 4 aromatic rings. The third kappa shape index (κ3) is 7.48. The highest BCUT2D eigenvalue weighted by Gasteiger charge is 2.35. The molecular weight excluding hydrogens is 623 g/mol. The minimum Gasteiger partial charge on any atom is -0.465 e. The van der Waals surface area contributed by atoms with Crippen molar-refractivity contribution in [3.05, 3.63) is 116 Å². The Bertz CT molecular complexity index is 1780. The SMILES string of the molecule is COC(=O)c1c(NC(=O)C(Sc2cccc(NC(=O)c3cccc([N+](=O)[O-])c3)c2)c2ccccc2)sc2c1CCC(C(C)(C)C)C2. The van der Waals surface area contributed by atoms with Gasteiger partial charge in [-0.1, -0.05) is 63.2 Å². The normalized spacial score (nSPS) is 14.9. The van der Waals surface area contributed by atoms with Crippen molar-refractivity contribution in [3.8, 4) is 0 Å². The van der Waals surface area contributed by atoms with Gasteiger partial charge in [0, 0.05) is 33.2 Å². The van der Waals surface area contributed by atoms with E-state index in [4.69, 9.17) is 4.74 Å². The third-order valence-electron chi connectivity index (χ3n) is 8.12. The molecule has 238 valence electrons. The molecule has 5 rings (SSSR count). The topological polar surface area (TPSA) is 128 Å². The van der Waals surface area contributed by atoms with Crippen LogP contribution in [0.15, 0.2) is 83.8 Å². The fourth-order valence-electron chi connectivity index (χ4n) is 5.56. The first kappa shape index (κ1) is 32.9. The Morgan fingerprint density at radius 1 is 1.00 bits per heavy atom. The number of methoxy groups -OCH3 is 1. The Labute approximate surface area is 275 Å². The highest BCUT2D eigenvalue weighted by atomic mass is 32.2. The number of nitrogens with zero attached hydrogens (tertiary/aromatic N) is 1. The van der Waals surface area contributed by atoms with E-state index in [0.717, 1.165) is 35.3 Å². The van der Waals surface area contributed by atoms with E-state index in [2.05, 4.69) is 31.4 Å². The van der Waals surface area contributed by atoms with Gasteiger partial charge in [0.1, 0.15) is 10.3 Å². The van der Waals surface area contributed by atoms with Crippen LogP contribution in [0.25, 0.3) is 0 Å². The van der Waals surface area contributed by atoms with Gasteiger partial charge in [-0.3, -0.25) is 19.7 Å². The number of rotatable bonds is 9. The summed E-state index contributed by atoms with van der Waals surface area (Å²) < 4.78 is 5.16. The fraction of sp³-hybridized carbons (Fsp3) is 0.286. The number of benzene rings is 3. The van der Waals surface area contributed by atoms with Gasteiger partial charge in [0.25, 0.3) is 11.6 Å². The lowest BCUT2D eigenvalue weighted by atomic mass is 9.72. The first-order chi connectivity index (χ1) is 21.9. The standard InChI is InChI=1S/C35H35N3O6S2/c1-35(2,3)23-16-17-27-28(19-23)46-33(29(27)34(41)44-4)37-32(40)30(21-10-6-5-7-11-21)45-26-15-9-13-24(20-26)36-31(39)22-12-8-14-25(18-22)38(42)43/h5-15,18,20,23,30H,16-17,19H2,1-4H3,(H,36,39)(H,37,40). The number of anilines is 2. The highest BCUT2D eigenvalue weighted by Crippen LogP contribution is 2.45. The molecule has 3 aromatic carbocycles. The van der Waals surface area contributed by atoms with Crippen LogP contribution in [0.5, 0.6) is 0 Å². The molecule has 2 unspecified atom stereocenters. The van der Waals surface area contributed by atoms with Crippen molar-refractivity contribution in [1.29, 1.82) is 0 Å². The van der Waals surface area contributed by atoms with Crippen molar-refractivity contribution in [2.24, 2.45) is 11.3 Å². The molecule has 0 radical (unpaired) electrons. The zero-order valence-corrected chi connectivity index (χ0v) is 27.6. The van der Waals surface area contributed by atoms with Crippen molar-refractivity contribution in [2.75, 3.05) is 17.7 Å². The van der Waals surface area contributed by atoms with Crippen molar-refractivity contribution in [1.82, 2.24) is 0 Å². The van der Waals surface area contributed by atoms with Crippen LogP contribution in [0.2, 0.25) is 0 Å². The van der Waals surface area contributed by atoms with E-state index < -0.39 is 22.0 Å². The lowest BCUT2D eigenvalue weighted by Gasteiger charge is -2.33. The molecule has 0 fully saturated rings. The van der Waals surface area contributed by atoms with Gasteiger partial charge in [-0.15, -0.1) is 23.1 Å². The maximum atomic E-state index is 14.0. The second kappa shape index (κ2) is 13.9. The zero-order chi connectivity index (χ0) is 33.0. The van der Waals surface area contributed by atoms with E-state index in [1.807, 2.05) is 36.4 Å². The van der Waals surface area contributed by atoms with Crippen LogP contribution in [0, 0.1) is 21.4 Å². The molecule has 0 aliphatic heterocycles. The smallest absolute Gasteiger partial charge is 0.341 e. The van der Waals surface area contributed by atoms with Crippen LogP contribution in [-0.4, -0.2) is 29.8 Å². The summed E-state index contributed by atoms with van der Waals surface area (Å²) in [6.07, 6.45) is 2.55. The Hall–Kier alpha value is -4.48. The number of amides is 2. The van der Waals surface area contributed by atoms with Crippen LogP contribution in [0.4, 0.5) is 16.4 Å². The van der Waals surface area contributed by atoms with Gasteiger partial charge in [0.2, 0.25) is 5.91 Å². The van der Waals surface area contributed by atoms with E-state index >= 15 is 0 Å². The number of nitro groups is 1. The van der Waals surface area contributed by atoms with E-state index in [1.54, 1.807) is 18.2 Å². The van der Waals surface area contributed by atoms with Crippen molar-refractivity contribution >= 4 is 57.3 Å². The molecule has 1 aliphatic rings. The number of non-ortho nitro benzene ring substituents is 1. The van der Waals surface area contributed by atoms with Gasteiger partial charge in [-0.25, -0.2) is 4.79 Å². The number of thioether (sulfide) groups is 1. The summed E-state index contributed by atoms with van der Waals surface area (Å²) in [5.74, 6) is -0.782. The summed E-state index contributed by atoms with van der Waals surface area (Å²) in [7, 11) is 1.35. The quantitative estimate of drug-likeness (QED) is 0.0802. The van der Waals surface area contributed by atoms with Crippen LogP contribution >= 0.6 is 23.1 Å². The molecule has 46 heavy (non-hydrogen) atoms. The van der Waals surface area contributed by atoms with Crippen LogP contribution in [0.3, 0.4) is 0 Å². The summed E-state index contributed by atoms with van der Waals surface area (Å²) in [6, 6.07) is 21.9. The minimum absolute atomic E-state index is 0.124. The molecule has 9 nitrogen and oxygen atoms in total. The van der Waals surface area contributed by atoms with Gasteiger partial charge < -0.3 is 15.4 Å². The molecule has 0 saturated heterocycles. The van der Waals surface area contributed by atoms with Crippen LogP contribution < -0.4 is 10.6 Å². The predicted molar refractivity (Wildman–Crippen MR) is 182 cm³/mol. The molecular formula is C35H35N3O6S2. The molecule has 11 heteroatoms. The number of esters is 1.